The number of aryl methyl sites for hydroxylation is 1. The predicted molar refractivity (Wildman–Crippen MR) is 71.1 cm³/mol. The number of rotatable bonds is 4. The van der Waals surface area contributed by atoms with Gasteiger partial charge in [-0.25, -0.2) is 0 Å². The molecule has 1 aromatic rings. The highest BCUT2D eigenvalue weighted by Gasteiger charge is 1.84. The van der Waals surface area contributed by atoms with Gasteiger partial charge in [0.2, 0.25) is 0 Å². The van der Waals surface area contributed by atoms with Gasteiger partial charge in [-0.1, -0.05) is 47.0 Å². The molecule has 0 fully saturated rings. The van der Waals surface area contributed by atoms with Gasteiger partial charge in [-0.3, -0.25) is 0 Å². The van der Waals surface area contributed by atoms with Gasteiger partial charge in [-0.2, -0.15) is 0 Å². The molecule has 0 heterocycles. The standard InChI is InChI=1S/C8H9B.C4H8N2O2/c9-7-6-8-4-2-1-3-5-8;1-4(3-5-7)6-8-2/h1-5H,6-7H2;3,7H,1-2H3. The van der Waals surface area contributed by atoms with Crippen LogP contribution in [0.4, 0.5) is 0 Å². The Bertz CT molecular complexity index is 340. The predicted octanol–water partition coefficient (Wildman–Crippen LogP) is 2.28. The van der Waals surface area contributed by atoms with Crippen LogP contribution in [0.3, 0.4) is 0 Å². The number of benzene rings is 1. The fraction of sp³-hybridized carbons (Fsp3) is 0.333. The van der Waals surface area contributed by atoms with E-state index in [0.717, 1.165) is 12.7 Å². The fourth-order valence-corrected chi connectivity index (χ4v) is 1.06. The Labute approximate surface area is 103 Å². The van der Waals surface area contributed by atoms with E-state index in [-0.39, 0.29) is 0 Å². The summed E-state index contributed by atoms with van der Waals surface area (Å²) in [6, 6.07) is 10.3. The molecule has 0 spiro atoms. The maximum atomic E-state index is 7.90. The van der Waals surface area contributed by atoms with Crippen molar-refractivity contribution >= 4 is 19.8 Å². The topological polar surface area (TPSA) is 54.2 Å². The third-order valence-corrected chi connectivity index (χ3v) is 1.76. The van der Waals surface area contributed by atoms with Crippen molar-refractivity contribution in [3.8, 4) is 0 Å². The van der Waals surface area contributed by atoms with Crippen LogP contribution < -0.4 is 0 Å². The third-order valence-electron chi connectivity index (χ3n) is 1.76. The van der Waals surface area contributed by atoms with Crippen LogP contribution in [-0.2, 0) is 11.3 Å². The lowest BCUT2D eigenvalue weighted by Crippen LogP contribution is -1.91. The van der Waals surface area contributed by atoms with Gasteiger partial charge in [0.1, 0.15) is 7.11 Å². The molecule has 1 aromatic carbocycles. The maximum absolute atomic E-state index is 7.90. The van der Waals surface area contributed by atoms with Crippen molar-refractivity contribution in [3.63, 3.8) is 0 Å². The minimum absolute atomic E-state index is 0.523. The number of nitrogens with zero attached hydrogens (tertiary/aromatic N) is 2. The highest BCUT2D eigenvalue weighted by Crippen LogP contribution is 1.99. The molecule has 0 saturated heterocycles. The molecular weight excluding hydrogens is 215 g/mol. The lowest BCUT2D eigenvalue weighted by molar-refractivity contribution is 0.214. The quantitative estimate of drug-likeness (QED) is 0.374. The van der Waals surface area contributed by atoms with E-state index in [9.17, 15) is 0 Å². The minimum Gasteiger partial charge on any atom is -0.411 e. The van der Waals surface area contributed by atoms with Crippen molar-refractivity contribution in [2.75, 3.05) is 7.11 Å². The zero-order valence-corrected chi connectivity index (χ0v) is 10.2. The van der Waals surface area contributed by atoms with Crippen molar-refractivity contribution in [2.45, 2.75) is 19.7 Å². The molecule has 0 unspecified atom stereocenters. The van der Waals surface area contributed by atoms with Crippen molar-refractivity contribution in [2.24, 2.45) is 10.3 Å². The van der Waals surface area contributed by atoms with Crippen LogP contribution in [-0.4, -0.2) is 32.1 Å². The van der Waals surface area contributed by atoms with E-state index in [1.165, 1.54) is 18.9 Å². The first-order valence-corrected chi connectivity index (χ1v) is 5.23. The van der Waals surface area contributed by atoms with Crippen LogP contribution in [0.15, 0.2) is 40.6 Å². The highest BCUT2D eigenvalue weighted by molar-refractivity contribution is 6.29. The lowest BCUT2D eigenvalue weighted by Gasteiger charge is -1.93. The maximum Gasteiger partial charge on any atom is 0.106 e. The summed E-state index contributed by atoms with van der Waals surface area (Å²) < 4.78 is 0. The monoisotopic (exact) mass is 232 g/mol. The molecule has 1 N–H and O–H groups in total. The summed E-state index contributed by atoms with van der Waals surface area (Å²) in [6.45, 7) is 1.66. The van der Waals surface area contributed by atoms with Gasteiger partial charge >= 0.3 is 0 Å². The van der Waals surface area contributed by atoms with Gasteiger partial charge < -0.3 is 10.0 Å². The van der Waals surface area contributed by atoms with Gasteiger partial charge in [-0.15, -0.1) is 0 Å². The molecule has 0 aliphatic rings. The molecular formula is C12H17BN2O2. The summed E-state index contributed by atoms with van der Waals surface area (Å²) in [5.41, 5.74) is 1.84. The molecule has 4 nitrogen and oxygen atoms in total. The Hall–Kier alpha value is -1.78. The summed E-state index contributed by atoms with van der Waals surface area (Å²) in [5, 5.41) is 14.0. The average Bonchev–Trinajstić information content (AvgIpc) is 2.32. The van der Waals surface area contributed by atoms with E-state index < -0.39 is 0 Å². The van der Waals surface area contributed by atoms with E-state index >= 15 is 0 Å². The van der Waals surface area contributed by atoms with Gasteiger partial charge in [0, 0.05) is 0 Å². The minimum atomic E-state index is 0.523. The zero-order chi connectivity index (χ0) is 12.9. The van der Waals surface area contributed by atoms with Crippen molar-refractivity contribution < 1.29 is 10.0 Å². The van der Waals surface area contributed by atoms with Crippen LogP contribution in [0.5, 0.6) is 0 Å². The van der Waals surface area contributed by atoms with Crippen molar-refractivity contribution in [3.05, 3.63) is 35.9 Å². The van der Waals surface area contributed by atoms with Crippen LogP contribution >= 0.6 is 0 Å². The van der Waals surface area contributed by atoms with Crippen LogP contribution in [0, 0.1) is 0 Å². The summed E-state index contributed by atoms with van der Waals surface area (Å²) in [5.74, 6) is 0. The first-order valence-electron chi connectivity index (χ1n) is 5.23. The molecule has 2 radical (unpaired) electrons. The van der Waals surface area contributed by atoms with E-state index in [2.05, 4.69) is 27.3 Å². The molecule has 5 heteroatoms. The fourth-order valence-electron chi connectivity index (χ4n) is 1.06. The second kappa shape index (κ2) is 10.7. The Morgan fingerprint density at radius 3 is 2.53 bits per heavy atom. The van der Waals surface area contributed by atoms with E-state index in [0.29, 0.717) is 5.71 Å². The molecule has 1 rings (SSSR count). The Morgan fingerprint density at radius 1 is 1.41 bits per heavy atom. The molecule has 0 saturated carbocycles. The van der Waals surface area contributed by atoms with Gasteiger partial charge in [0.05, 0.1) is 19.8 Å². The second-order valence-electron chi connectivity index (χ2n) is 3.18. The Kier molecular flexibility index (Phi) is 9.61. The first-order chi connectivity index (χ1) is 8.24. The molecule has 90 valence electrons. The van der Waals surface area contributed by atoms with Gasteiger partial charge in [0.25, 0.3) is 0 Å². The largest absolute Gasteiger partial charge is 0.411 e. The van der Waals surface area contributed by atoms with E-state index in [4.69, 9.17) is 13.1 Å². The van der Waals surface area contributed by atoms with Crippen LogP contribution in [0.2, 0.25) is 6.32 Å². The molecule has 0 amide bonds. The van der Waals surface area contributed by atoms with E-state index in [1.807, 2.05) is 18.2 Å². The molecule has 0 aliphatic heterocycles. The zero-order valence-electron chi connectivity index (χ0n) is 10.2. The van der Waals surface area contributed by atoms with Crippen LogP contribution in [0.1, 0.15) is 12.5 Å². The number of hydrogen-bond donors (Lipinski definition) is 1. The number of oxime groups is 2. The molecule has 0 aliphatic carbocycles. The summed E-state index contributed by atoms with van der Waals surface area (Å²) in [4.78, 5) is 4.34. The van der Waals surface area contributed by atoms with Crippen LogP contribution in [0.25, 0.3) is 0 Å². The molecule has 17 heavy (non-hydrogen) atoms. The summed E-state index contributed by atoms with van der Waals surface area (Å²) >= 11 is 0. The van der Waals surface area contributed by atoms with Crippen molar-refractivity contribution in [1.29, 1.82) is 0 Å². The third kappa shape index (κ3) is 9.17. The molecule has 0 atom stereocenters. The van der Waals surface area contributed by atoms with Gasteiger partial charge in [0.15, 0.2) is 0 Å². The average molecular weight is 232 g/mol. The summed E-state index contributed by atoms with van der Waals surface area (Å²) in [6.07, 6.45) is 2.91. The van der Waals surface area contributed by atoms with Gasteiger partial charge in [-0.05, 0) is 18.9 Å². The molecule has 0 bridgehead atoms. The Morgan fingerprint density at radius 2 is 2.06 bits per heavy atom. The lowest BCUT2D eigenvalue weighted by atomic mass is 9.98. The first kappa shape index (κ1) is 15.2. The number of hydrogen-bond acceptors (Lipinski definition) is 4. The molecule has 0 aromatic heterocycles. The summed E-state index contributed by atoms with van der Waals surface area (Å²) in [7, 11) is 6.79. The highest BCUT2D eigenvalue weighted by atomic mass is 16.6. The Balaban J connectivity index is 0.000000304. The SMILES string of the molecule is CON=C(C)C=NO.[B]CCc1ccccc1. The normalized spacial score (nSPS) is 10.8. The smallest absolute Gasteiger partial charge is 0.106 e. The van der Waals surface area contributed by atoms with Crippen molar-refractivity contribution in [1.82, 2.24) is 0 Å². The van der Waals surface area contributed by atoms with E-state index in [1.54, 1.807) is 6.92 Å². The second-order valence-corrected chi connectivity index (χ2v) is 3.18.